The van der Waals surface area contributed by atoms with Crippen LogP contribution in [0.15, 0.2) is 24.3 Å². The number of nitriles is 1. The molecule has 2 nitrogen and oxygen atoms in total. The first kappa shape index (κ1) is 13.0. The molecular weight excluding hydrogens is 220 g/mol. The molecule has 1 fully saturated rings. The van der Waals surface area contributed by atoms with Crippen LogP contribution in [-0.4, -0.2) is 6.04 Å². The van der Waals surface area contributed by atoms with Crippen molar-refractivity contribution < 1.29 is 0 Å². The SMILES string of the molecule is CC1CCCC(C)C1Nc1ccc(CC#N)cc1. The zero-order valence-corrected chi connectivity index (χ0v) is 11.3. The Hall–Kier alpha value is -1.49. The van der Waals surface area contributed by atoms with Gasteiger partial charge in [-0.25, -0.2) is 0 Å². The molecule has 0 saturated heterocycles. The Morgan fingerprint density at radius 1 is 1.17 bits per heavy atom. The van der Waals surface area contributed by atoms with E-state index in [1.165, 1.54) is 24.9 Å². The van der Waals surface area contributed by atoms with E-state index < -0.39 is 0 Å². The summed E-state index contributed by atoms with van der Waals surface area (Å²) in [4.78, 5) is 0. The van der Waals surface area contributed by atoms with Gasteiger partial charge in [-0.2, -0.15) is 5.26 Å². The first-order valence-corrected chi connectivity index (χ1v) is 6.93. The van der Waals surface area contributed by atoms with Gasteiger partial charge in [-0.3, -0.25) is 0 Å². The Labute approximate surface area is 110 Å². The molecule has 0 spiro atoms. The van der Waals surface area contributed by atoms with Crippen molar-refractivity contribution in [3.05, 3.63) is 29.8 Å². The average molecular weight is 242 g/mol. The van der Waals surface area contributed by atoms with E-state index in [9.17, 15) is 0 Å². The van der Waals surface area contributed by atoms with Gasteiger partial charge in [0.15, 0.2) is 0 Å². The van der Waals surface area contributed by atoms with Gasteiger partial charge in [0.05, 0.1) is 12.5 Å². The van der Waals surface area contributed by atoms with Gasteiger partial charge in [0.1, 0.15) is 0 Å². The third-order valence-electron chi connectivity index (χ3n) is 4.12. The van der Waals surface area contributed by atoms with Crippen LogP contribution in [0, 0.1) is 23.2 Å². The monoisotopic (exact) mass is 242 g/mol. The van der Waals surface area contributed by atoms with Crippen molar-refractivity contribution in [1.29, 1.82) is 5.26 Å². The fourth-order valence-electron chi connectivity index (χ4n) is 2.97. The third-order valence-corrected chi connectivity index (χ3v) is 4.12. The van der Waals surface area contributed by atoms with Crippen LogP contribution in [0.3, 0.4) is 0 Å². The lowest BCUT2D eigenvalue weighted by Crippen LogP contribution is -2.37. The molecule has 1 aliphatic rings. The van der Waals surface area contributed by atoms with Gasteiger partial charge in [-0.05, 0) is 42.4 Å². The van der Waals surface area contributed by atoms with E-state index in [1.807, 2.05) is 12.1 Å². The molecular formula is C16H22N2. The first-order valence-electron chi connectivity index (χ1n) is 6.93. The number of rotatable bonds is 3. The lowest BCUT2D eigenvalue weighted by Gasteiger charge is -2.35. The lowest BCUT2D eigenvalue weighted by molar-refractivity contribution is 0.268. The smallest absolute Gasteiger partial charge is 0.0669 e. The maximum Gasteiger partial charge on any atom is 0.0669 e. The van der Waals surface area contributed by atoms with Crippen molar-refractivity contribution in [3.63, 3.8) is 0 Å². The Morgan fingerprint density at radius 3 is 2.33 bits per heavy atom. The third kappa shape index (κ3) is 3.04. The summed E-state index contributed by atoms with van der Waals surface area (Å²) in [5.41, 5.74) is 2.27. The molecule has 0 bridgehead atoms. The fraction of sp³-hybridized carbons (Fsp3) is 0.562. The molecule has 96 valence electrons. The Bertz CT molecular complexity index is 406. The highest BCUT2D eigenvalue weighted by Crippen LogP contribution is 2.31. The Balaban J connectivity index is 2.02. The van der Waals surface area contributed by atoms with Gasteiger partial charge >= 0.3 is 0 Å². The van der Waals surface area contributed by atoms with Crippen LogP contribution in [0.1, 0.15) is 38.7 Å². The van der Waals surface area contributed by atoms with E-state index in [0.29, 0.717) is 12.5 Å². The van der Waals surface area contributed by atoms with E-state index in [1.54, 1.807) is 0 Å². The van der Waals surface area contributed by atoms with Crippen LogP contribution in [0.5, 0.6) is 0 Å². The minimum atomic E-state index is 0.497. The second-order valence-corrected chi connectivity index (χ2v) is 5.59. The van der Waals surface area contributed by atoms with Gasteiger partial charge in [0, 0.05) is 11.7 Å². The summed E-state index contributed by atoms with van der Waals surface area (Å²) in [7, 11) is 0. The van der Waals surface area contributed by atoms with Crippen LogP contribution in [0.4, 0.5) is 5.69 Å². The maximum atomic E-state index is 8.65. The minimum absolute atomic E-state index is 0.497. The molecule has 0 amide bonds. The molecule has 2 heteroatoms. The molecule has 2 atom stereocenters. The van der Waals surface area contributed by atoms with E-state index in [0.717, 1.165) is 17.4 Å². The zero-order valence-electron chi connectivity index (χ0n) is 11.3. The maximum absolute atomic E-state index is 8.65. The second kappa shape index (κ2) is 5.91. The number of benzene rings is 1. The molecule has 2 unspecified atom stereocenters. The highest BCUT2D eigenvalue weighted by Gasteiger charge is 2.27. The van der Waals surface area contributed by atoms with Crippen molar-refractivity contribution in [2.24, 2.45) is 11.8 Å². The molecule has 1 N–H and O–H groups in total. The van der Waals surface area contributed by atoms with Gasteiger partial charge in [0.25, 0.3) is 0 Å². The molecule has 2 rings (SSSR count). The van der Waals surface area contributed by atoms with Crippen molar-refractivity contribution >= 4 is 5.69 Å². The van der Waals surface area contributed by atoms with Crippen molar-refractivity contribution in [3.8, 4) is 6.07 Å². The molecule has 1 aliphatic carbocycles. The quantitative estimate of drug-likeness (QED) is 0.870. The molecule has 0 heterocycles. The summed E-state index contributed by atoms with van der Waals surface area (Å²) in [5, 5.41) is 12.3. The van der Waals surface area contributed by atoms with Crippen LogP contribution >= 0.6 is 0 Å². The largest absolute Gasteiger partial charge is 0.382 e. The summed E-state index contributed by atoms with van der Waals surface area (Å²) < 4.78 is 0. The van der Waals surface area contributed by atoms with Crippen LogP contribution in [0.25, 0.3) is 0 Å². The predicted molar refractivity (Wildman–Crippen MR) is 75.3 cm³/mol. The highest BCUT2D eigenvalue weighted by atomic mass is 14.9. The number of nitrogens with zero attached hydrogens (tertiary/aromatic N) is 1. The first-order chi connectivity index (χ1) is 8.70. The minimum Gasteiger partial charge on any atom is -0.382 e. The molecule has 0 aromatic heterocycles. The fourth-order valence-corrected chi connectivity index (χ4v) is 2.97. The summed E-state index contributed by atoms with van der Waals surface area (Å²) in [6.07, 6.45) is 4.52. The summed E-state index contributed by atoms with van der Waals surface area (Å²) >= 11 is 0. The summed E-state index contributed by atoms with van der Waals surface area (Å²) in [6, 6.07) is 11.0. The summed E-state index contributed by atoms with van der Waals surface area (Å²) in [5.74, 6) is 1.49. The molecule has 18 heavy (non-hydrogen) atoms. The Morgan fingerprint density at radius 2 is 1.78 bits per heavy atom. The standard InChI is InChI=1S/C16H22N2/c1-12-4-3-5-13(2)16(12)18-15-8-6-14(7-9-15)10-11-17/h6-9,12-13,16,18H,3-5,10H2,1-2H3. The molecule has 1 aromatic carbocycles. The van der Waals surface area contributed by atoms with Crippen molar-refractivity contribution in [2.75, 3.05) is 5.32 Å². The summed E-state index contributed by atoms with van der Waals surface area (Å²) in [6.45, 7) is 4.69. The highest BCUT2D eigenvalue weighted by molar-refractivity contribution is 5.46. The van der Waals surface area contributed by atoms with Gasteiger partial charge in [-0.1, -0.05) is 32.4 Å². The predicted octanol–water partition coefficient (Wildman–Crippen LogP) is 3.99. The van der Waals surface area contributed by atoms with Gasteiger partial charge in [0.2, 0.25) is 0 Å². The normalized spacial score (nSPS) is 27.5. The Kier molecular flexibility index (Phi) is 4.25. The van der Waals surface area contributed by atoms with Gasteiger partial charge in [-0.15, -0.1) is 0 Å². The molecule has 0 aliphatic heterocycles. The van der Waals surface area contributed by atoms with Gasteiger partial charge < -0.3 is 5.32 Å². The van der Waals surface area contributed by atoms with Crippen LogP contribution in [-0.2, 0) is 6.42 Å². The number of nitrogens with one attached hydrogen (secondary N) is 1. The van der Waals surface area contributed by atoms with E-state index >= 15 is 0 Å². The van der Waals surface area contributed by atoms with Crippen LogP contribution in [0.2, 0.25) is 0 Å². The molecule has 1 aromatic rings. The molecule has 0 radical (unpaired) electrons. The van der Waals surface area contributed by atoms with E-state index in [-0.39, 0.29) is 0 Å². The second-order valence-electron chi connectivity index (χ2n) is 5.59. The number of hydrogen-bond donors (Lipinski definition) is 1. The lowest BCUT2D eigenvalue weighted by atomic mass is 9.78. The van der Waals surface area contributed by atoms with Crippen molar-refractivity contribution in [1.82, 2.24) is 0 Å². The molecule has 1 saturated carbocycles. The topological polar surface area (TPSA) is 35.8 Å². The zero-order chi connectivity index (χ0) is 13.0. The van der Waals surface area contributed by atoms with Crippen LogP contribution < -0.4 is 5.32 Å². The van der Waals surface area contributed by atoms with E-state index in [2.05, 4.69) is 37.4 Å². The average Bonchev–Trinajstić information content (AvgIpc) is 2.36. The van der Waals surface area contributed by atoms with E-state index in [4.69, 9.17) is 5.26 Å². The number of hydrogen-bond acceptors (Lipinski definition) is 2. The number of anilines is 1. The van der Waals surface area contributed by atoms with Crippen molar-refractivity contribution in [2.45, 2.75) is 45.6 Å².